The summed E-state index contributed by atoms with van der Waals surface area (Å²) < 4.78 is 11.3. The first kappa shape index (κ1) is 14.3. The maximum Gasteiger partial charge on any atom is 0.220 e. The minimum Gasteiger partial charge on any atom is -0.378 e. The fourth-order valence-electron chi connectivity index (χ4n) is 3.85. The number of fused-ring (bicyclic) bond motifs is 1. The molecule has 3 aliphatic rings. The Labute approximate surface area is 120 Å². The lowest BCUT2D eigenvalue weighted by Crippen LogP contribution is -2.72. The summed E-state index contributed by atoms with van der Waals surface area (Å²) in [7, 11) is 0. The van der Waals surface area contributed by atoms with E-state index in [9.17, 15) is 4.79 Å². The van der Waals surface area contributed by atoms with Gasteiger partial charge in [-0.2, -0.15) is 0 Å². The number of hydrogen-bond donors (Lipinski definition) is 2. The van der Waals surface area contributed by atoms with E-state index >= 15 is 0 Å². The minimum absolute atomic E-state index is 0.0237. The second kappa shape index (κ2) is 6.00. The fourth-order valence-corrected chi connectivity index (χ4v) is 3.85. The van der Waals surface area contributed by atoms with Crippen molar-refractivity contribution < 1.29 is 14.3 Å². The highest BCUT2D eigenvalue weighted by atomic mass is 16.5. The predicted octanol–water partition coefficient (Wildman–Crippen LogP) is 0.813. The van der Waals surface area contributed by atoms with Crippen molar-refractivity contribution in [3.63, 3.8) is 0 Å². The molecule has 3 fully saturated rings. The lowest BCUT2D eigenvalue weighted by atomic mass is 9.68. The molecule has 1 amide bonds. The summed E-state index contributed by atoms with van der Waals surface area (Å²) in [6, 6.07) is 0.0948. The molecule has 0 spiro atoms. The van der Waals surface area contributed by atoms with Gasteiger partial charge in [-0.05, 0) is 38.5 Å². The number of nitrogens with two attached hydrogens (primary N) is 1. The molecule has 0 aromatic carbocycles. The van der Waals surface area contributed by atoms with Crippen molar-refractivity contribution in [2.75, 3.05) is 13.2 Å². The summed E-state index contributed by atoms with van der Waals surface area (Å²) >= 11 is 0. The topological polar surface area (TPSA) is 73.6 Å². The fraction of sp³-hybridized carbons (Fsp3) is 0.933. The monoisotopic (exact) mass is 282 g/mol. The molecule has 114 valence electrons. The van der Waals surface area contributed by atoms with E-state index < -0.39 is 0 Å². The van der Waals surface area contributed by atoms with E-state index in [4.69, 9.17) is 15.2 Å². The SMILES string of the molecule is CCOC1CC(CC(=O)NC2C(N)C3CCCOC32)C1. The van der Waals surface area contributed by atoms with Crippen molar-refractivity contribution in [1.29, 1.82) is 0 Å². The van der Waals surface area contributed by atoms with Crippen molar-refractivity contribution in [2.24, 2.45) is 17.6 Å². The van der Waals surface area contributed by atoms with E-state index in [0.717, 1.165) is 38.9 Å². The third-order valence-electron chi connectivity index (χ3n) is 5.07. The third kappa shape index (κ3) is 2.71. The van der Waals surface area contributed by atoms with E-state index in [1.54, 1.807) is 0 Å². The number of hydrogen-bond acceptors (Lipinski definition) is 4. The van der Waals surface area contributed by atoms with Crippen LogP contribution in [-0.4, -0.2) is 43.4 Å². The largest absolute Gasteiger partial charge is 0.378 e. The van der Waals surface area contributed by atoms with Crippen molar-refractivity contribution in [1.82, 2.24) is 5.32 Å². The molecule has 0 aromatic rings. The molecule has 2 saturated carbocycles. The molecule has 1 saturated heterocycles. The first-order valence-electron chi connectivity index (χ1n) is 7.97. The standard InChI is InChI=1S/C15H26N2O3/c1-2-19-10-6-9(7-10)8-12(18)17-14-13(16)11-4-3-5-20-15(11)14/h9-11,13-15H,2-8,16H2,1H3,(H,17,18). The van der Waals surface area contributed by atoms with Crippen LogP contribution in [0, 0.1) is 11.8 Å². The number of carbonyl (C=O) groups excluding carboxylic acids is 1. The summed E-state index contributed by atoms with van der Waals surface area (Å²) in [5, 5.41) is 3.08. The van der Waals surface area contributed by atoms with Gasteiger partial charge in [0.15, 0.2) is 0 Å². The second-order valence-corrected chi connectivity index (χ2v) is 6.43. The Morgan fingerprint density at radius 3 is 3.00 bits per heavy atom. The van der Waals surface area contributed by atoms with Gasteiger partial charge >= 0.3 is 0 Å². The molecule has 0 radical (unpaired) electrons. The van der Waals surface area contributed by atoms with Crippen LogP contribution in [0.3, 0.4) is 0 Å². The Hall–Kier alpha value is -0.650. The van der Waals surface area contributed by atoms with Crippen LogP contribution in [-0.2, 0) is 14.3 Å². The molecule has 2 aliphatic carbocycles. The van der Waals surface area contributed by atoms with Crippen LogP contribution in [0.4, 0.5) is 0 Å². The van der Waals surface area contributed by atoms with Crippen molar-refractivity contribution in [3.8, 4) is 0 Å². The van der Waals surface area contributed by atoms with Crippen LogP contribution in [0.1, 0.15) is 39.0 Å². The van der Waals surface area contributed by atoms with Crippen LogP contribution >= 0.6 is 0 Å². The summed E-state index contributed by atoms with van der Waals surface area (Å²) in [4.78, 5) is 12.1. The Bertz CT molecular complexity index is 357. The quantitative estimate of drug-likeness (QED) is 0.783. The van der Waals surface area contributed by atoms with Gasteiger partial charge in [-0.15, -0.1) is 0 Å². The van der Waals surface area contributed by atoms with Gasteiger partial charge in [0.1, 0.15) is 0 Å². The predicted molar refractivity (Wildman–Crippen MR) is 75.1 cm³/mol. The summed E-state index contributed by atoms with van der Waals surface area (Å²) in [6.45, 7) is 3.58. The van der Waals surface area contributed by atoms with Gasteiger partial charge in [0, 0.05) is 31.6 Å². The molecule has 5 nitrogen and oxygen atoms in total. The van der Waals surface area contributed by atoms with Crippen LogP contribution in [0.2, 0.25) is 0 Å². The van der Waals surface area contributed by atoms with Gasteiger partial charge in [-0.25, -0.2) is 0 Å². The highest BCUT2D eigenvalue weighted by Crippen LogP contribution is 2.37. The molecule has 20 heavy (non-hydrogen) atoms. The zero-order valence-electron chi connectivity index (χ0n) is 12.2. The third-order valence-corrected chi connectivity index (χ3v) is 5.07. The maximum absolute atomic E-state index is 12.1. The van der Waals surface area contributed by atoms with Gasteiger partial charge in [0.25, 0.3) is 0 Å². The molecule has 4 atom stereocenters. The summed E-state index contributed by atoms with van der Waals surface area (Å²) in [5.74, 6) is 1.05. The highest BCUT2D eigenvalue weighted by molar-refractivity contribution is 5.77. The maximum atomic E-state index is 12.1. The molecule has 5 heteroatoms. The second-order valence-electron chi connectivity index (χ2n) is 6.43. The lowest BCUT2D eigenvalue weighted by Gasteiger charge is -2.52. The molecule has 0 bridgehead atoms. The zero-order valence-corrected chi connectivity index (χ0v) is 12.2. The average molecular weight is 282 g/mol. The summed E-state index contributed by atoms with van der Waals surface area (Å²) in [5.41, 5.74) is 6.15. The normalized spacial score (nSPS) is 43.1. The lowest BCUT2D eigenvalue weighted by molar-refractivity contribution is -0.141. The van der Waals surface area contributed by atoms with Crippen LogP contribution in [0.15, 0.2) is 0 Å². The Morgan fingerprint density at radius 1 is 1.45 bits per heavy atom. The molecule has 0 aromatic heterocycles. The molecule has 3 rings (SSSR count). The highest BCUT2D eigenvalue weighted by Gasteiger charge is 2.51. The molecule has 4 unspecified atom stereocenters. The number of amides is 1. The first-order valence-corrected chi connectivity index (χ1v) is 7.97. The Balaban J connectivity index is 1.39. The number of ether oxygens (including phenoxy) is 2. The van der Waals surface area contributed by atoms with Gasteiger partial charge in [0.05, 0.1) is 18.2 Å². The molecular formula is C15H26N2O3. The van der Waals surface area contributed by atoms with Crippen molar-refractivity contribution >= 4 is 5.91 Å². The van der Waals surface area contributed by atoms with Crippen molar-refractivity contribution in [3.05, 3.63) is 0 Å². The molecule has 1 heterocycles. The average Bonchev–Trinajstić information content (AvgIpc) is 2.42. The Kier molecular flexibility index (Phi) is 4.29. The van der Waals surface area contributed by atoms with E-state index in [-0.39, 0.29) is 24.1 Å². The molecule has 3 N–H and O–H groups in total. The zero-order chi connectivity index (χ0) is 14.1. The smallest absolute Gasteiger partial charge is 0.220 e. The van der Waals surface area contributed by atoms with E-state index in [0.29, 0.717) is 24.4 Å². The van der Waals surface area contributed by atoms with E-state index in [2.05, 4.69) is 5.32 Å². The van der Waals surface area contributed by atoms with Gasteiger partial charge < -0.3 is 20.5 Å². The van der Waals surface area contributed by atoms with Crippen LogP contribution in [0.25, 0.3) is 0 Å². The van der Waals surface area contributed by atoms with Gasteiger partial charge in [-0.1, -0.05) is 0 Å². The first-order chi connectivity index (χ1) is 9.69. The van der Waals surface area contributed by atoms with Crippen LogP contribution in [0.5, 0.6) is 0 Å². The molecule has 1 aliphatic heterocycles. The van der Waals surface area contributed by atoms with E-state index in [1.807, 2.05) is 6.92 Å². The van der Waals surface area contributed by atoms with Crippen molar-refractivity contribution in [2.45, 2.75) is 63.3 Å². The minimum atomic E-state index is 0.0237. The number of nitrogens with one attached hydrogen (secondary N) is 1. The summed E-state index contributed by atoms with van der Waals surface area (Å²) in [6.07, 6.45) is 5.38. The number of carbonyl (C=O) groups is 1. The van der Waals surface area contributed by atoms with E-state index in [1.165, 1.54) is 0 Å². The number of rotatable bonds is 5. The van der Waals surface area contributed by atoms with Crippen LogP contribution < -0.4 is 11.1 Å². The molecular weight excluding hydrogens is 256 g/mol. The van der Waals surface area contributed by atoms with Gasteiger partial charge in [-0.3, -0.25) is 4.79 Å². The Morgan fingerprint density at radius 2 is 2.25 bits per heavy atom. The van der Waals surface area contributed by atoms with Gasteiger partial charge in [0.2, 0.25) is 5.91 Å².